The lowest BCUT2D eigenvalue weighted by Crippen LogP contribution is -2.61. The lowest BCUT2D eigenvalue weighted by Gasteiger charge is -2.54. The van der Waals surface area contributed by atoms with Gasteiger partial charge >= 0.3 is 0 Å². The molecule has 6 rings (SSSR count). The fourth-order valence-electron chi connectivity index (χ4n) is 5.61. The van der Waals surface area contributed by atoms with E-state index in [2.05, 4.69) is 20.1 Å². The van der Waals surface area contributed by atoms with Gasteiger partial charge in [-0.25, -0.2) is 17.7 Å². The van der Waals surface area contributed by atoms with Gasteiger partial charge in [0.15, 0.2) is 0 Å². The number of rotatable bonds is 6. The molecule has 2 fully saturated rings. The first-order chi connectivity index (χ1) is 18.6. The Morgan fingerprint density at radius 3 is 2.41 bits per heavy atom. The van der Waals surface area contributed by atoms with Crippen molar-refractivity contribution in [2.75, 3.05) is 37.3 Å². The van der Waals surface area contributed by atoms with Crippen molar-refractivity contribution < 1.29 is 13.2 Å². The summed E-state index contributed by atoms with van der Waals surface area (Å²) in [6.45, 7) is 4.88. The van der Waals surface area contributed by atoms with Crippen LogP contribution in [0.3, 0.4) is 0 Å². The van der Waals surface area contributed by atoms with E-state index in [1.807, 2.05) is 43.5 Å². The Morgan fingerprint density at radius 1 is 1.05 bits per heavy atom. The van der Waals surface area contributed by atoms with Gasteiger partial charge in [-0.05, 0) is 50.1 Å². The summed E-state index contributed by atoms with van der Waals surface area (Å²) in [5.74, 6) is 1.58. The fourth-order valence-corrected chi connectivity index (χ4v) is 7.12. The van der Waals surface area contributed by atoms with Gasteiger partial charge in [0.25, 0.3) is 0 Å². The number of nitrogens with zero attached hydrogens (tertiary/aromatic N) is 5. The molecule has 0 unspecified atom stereocenters. The van der Waals surface area contributed by atoms with Gasteiger partial charge in [0, 0.05) is 66.7 Å². The first kappa shape index (κ1) is 26.3. The second-order valence-corrected chi connectivity index (χ2v) is 13.3. The number of anilines is 1. The Kier molecular flexibility index (Phi) is 6.69. The van der Waals surface area contributed by atoms with E-state index in [0.717, 1.165) is 53.9 Å². The Balaban J connectivity index is 1.15. The van der Waals surface area contributed by atoms with Gasteiger partial charge in [0.1, 0.15) is 23.4 Å². The molecule has 1 aromatic carbocycles. The van der Waals surface area contributed by atoms with E-state index in [4.69, 9.17) is 32.9 Å². The maximum atomic E-state index is 11.8. The van der Waals surface area contributed by atoms with E-state index in [0.29, 0.717) is 34.4 Å². The average Bonchev–Trinajstić information content (AvgIpc) is 3.30. The number of aromatic amines is 1. The van der Waals surface area contributed by atoms with Gasteiger partial charge in [0.05, 0.1) is 21.8 Å². The minimum Gasteiger partial charge on any atom is -0.486 e. The second-order valence-electron chi connectivity index (χ2n) is 10.5. The number of halogens is 2. The smallest absolute Gasteiger partial charge is 0.211 e. The minimum absolute atomic E-state index is 0.179. The molecule has 1 spiro atoms. The SMILES string of the molecule is C[C@@H](Oc1ccc2[nH]nc(-c3ccc(N4CC5(CCN(S(C)(=O)=O)CC5)C4)nc3)c2c1)c1c(Cl)cncc1Cl. The van der Waals surface area contributed by atoms with Crippen molar-refractivity contribution in [3.63, 3.8) is 0 Å². The van der Waals surface area contributed by atoms with Gasteiger partial charge in [-0.15, -0.1) is 0 Å². The van der Waals surface area contributed by atoms with Crippen LogP contribution in [0.4, 0.5) is 5.82 Å². The monoisotopic (exact) mass is 586 g/mol. The standard InChI is InChI=1S/C27H28Cl2N6O3S/c1-17(25-21(28)13-30-14-22(25)29)38-19-4-5-23-20(11-19)26(33-32-23)18-3-6-24(31-12-18)34-15-27(16-34)7-9-35(10-8-27)39(2,36)37/h3-6,11-14,17H,7-10,15-16H2,1-2H3,(H,32,33)/t17-/m1/s1. The van der Waals surface area contributed by atoms with E-state index in [-0.39, 0.29) is 11.5 Å². The summed E-state index contributed by atoms with van der Waals surface area (Å²) >= 11 is 12.6. The molecule has 3 aromatic heterocycles. The molecule has 2 saturated heterocycles. The highest BCUT2D eigenvalue weighted by atomic mass is 35.5. The van der Waals surface area contributed by atoms with Gasteiger partial charge in [0.2, 0.25) is 10.0 Å². The number of hydrogen-bond donors (Lipinski definition) is 1. The number of nitrogens with one attached hydrogen (secondary N) is 1. The van der Waals surface area contributed by atoms with Crippen LogP contribution in [0.1, 0.15) is 31.4 Å². The normalized spacial score (nSPS) is 18.3. The van der Waals surface area contributed by atoms with Crippen molar-refractivity contribution in [2.45, 2.75) is 25.9 Å². The van der Waals surface area contributed by atoms with Crippen LogP contribution in [0.15, 0.2) is 48.9 Å². The molecular weight excluding hydrogens is 559 g/mol. The topological polar surface area (TPSA) is 104 Å². The summed E-state index contributed by atoms with van der Waals surface area (Å²) in [5, 5.41) is 9.46. The zero-order chi connectivity index (χ0) is 27.4. The Morgan fingerprint density at radius 2 is 1.77 bits per heavy atom. The Bertz CT molecular complexity index is 1610. The lowest BCUT2D eigenvalue weighted by molar-refractivity contribution is 0.114. The van der Waals surface area contributed by atoms with E-state index in [1.165, 1.54) is 6.26 Å². The zero-order valence-electron chi connectivity index (χ0n) is 21.6. The molecule has 0 bridgehead atoms. The molecule has 2 aliphatic heterocycles. The third-order valence-electron chi connectivity index (χ3n) is 7.79. The number of H-pyrrole nitrogens is 1. The highest BCUT2D eigenvalue weighted by Crippen LogP contribution is 2.43. The molecule has 204 valence electrons. The second kappa shape index (κ2) is 9.92. The molecule has 0 amide bonds. The number of piperidine rings is 1. The number of aromatic nitrogens is 4. The Hall–Kier alpha value is -2.92. The maximum absolute atomic E-state index is 11.8. The molecule has 4 aromatic rings. The fraction of sp³-hybridized carbons (Fsp3) is 0.370. The van der Waals surface area contributed by atoms with Crippen molar-refractivity contribution >= 4 is 49.9 Å². The summed E-state index contributed by atoms with van der Waals surface area (Å²) in [4.78, 5) is 11.0. The molecule has 1 atom stereocenters. The predicted octanol–water partition coefficient (Wildman–Crippen LogP) is 5.33. The van der Waals surface area contributed by atoms with Crippen LogP contribution in [0, 0.1) is 5.41 Å². The third kappa shape index (κ3) is 5.06. The first-order valence-electron chi connectivity index (χ1n) is 12.7. The number of pyridine rings is 2. The van der Waals surface area contributed by atoms with Crippen LogP contribution < -0.4 is 9.64 Å². The number of ether oxygens (including phenoxy) is 1. The highest BCUT2D eigenvalue weighted by Gasteiger charge is 2.46. The molecular formula is C27H28Cl2N6O3S. The molecule has 5 heterocycles. The summed E-state index contributed by atoms with van der Waals surface area (Å²) < 4.78 is 31.4. The van der Waals surface area contributed by atoms with Crippen molar-refractivity contribution in [1.29, 1.82) is 0 Å². The number of benzene rings is 1. The van der Waals surface area contributed by atoms with Crippen molar-refractivity contribution in [1.82, 2.24) is 24.5 Å². The minimum atomic E-state index is -3.11. The summed E-state index contributed by atoms with van der Waals surface area (Å²) in [6.07, 6.45) is 7.63. The van der Waals surface area contributed by atoms with Crippen LogP contribution in [-0.4, -0.2) is 65.3 Å². The Labute approximate surface area is 237 Å². The molecule has 0 saturated carbocycles. The van der Waals surface area contributed by atoms with Crippen molar-refractivity contribution in [2.24, 2.45) is 5.41 Å². The van der Waals surface area contributed by atoms with Gasteiger partial charge in [-0.3, -0.25) is 10.1 Å². The van der Waals surface area contributed by atoms with E-state index in [1.54, 1.807) is 16.7 Å². The van der Waals surface area contributed by atoms with Crippen LogP contribution in [0.5, 0.6) is 5.75 Å². The van der Waals surface area contributed by atoms with Crippen LogP contribution in [-0.2, 0) is 10.0 Å². The van der Waals surface area contributed by atoms with E-state index < -0.39 is 10.0 Å². The number of hydrogen-bond acceptors (Lipinski definition) is 7. The molecule has 12 heteroatoms. The average molecular weight is 588 g/mol. The first-order valence-corrected chi connectivity index (χ1v) is 15.3. The van der Waals surface area contributed by atoms with Crippen molar-refractivity contribution in [3.05, 3.63) is 64.5 Å². The highest BCUT2D eigenvalue weighted by molar-refractivity contribution is 7.88. The molecule has 0 radical (unpaired) electrons. The lowest BCUT2D eigenvalue weighted by atomic mass is 9.72. The molecule has 9 nitrogen and oxygen atoms in total. The van der Waals surface area contributed by atoms with E-state index in [9.17, 15) is 8.42 Å². The molecule has 39 heavy (non-hydrogen) atoms. The molecule has 0 aliphatic carbocycles. The van der Waals surface area contributed by atoms with Gasteiger partial charge < -0.3 is 9.64 Å². The molecule has 1 N–H and O–H groups in total. The maximum Gasteiger partial charge on any atom is 0.211 e. The van der Waals surface area contributed by atoms with Gasteiger partial charge in [-0.1, -0.05) is 23.2 Å². The van der Waals surface area contributed by atoms with E-state index >= 15 is 0 Å². The van der Waals surface area contributed by atoms with Crippen LogP contribution >= 0.6 is 23.2 Å². The number of sulfonamides is 1. The molecule has 2 aliphatic rings. The van der Waals surface area contributed by atoms with Crippen molar-refractivity contribution in [3.8, 4) is 17.0 Å². The van der Waals surface area contributed by atoms with Crippen LogP contribution in [0.2, 0.25) is 10.0 Å². The predicted molar refractivity (Wildman–Crippen MR) is 153 cm³/mol. The quantitative estimate of drug-likeness (QED) is 0.325. The number of fused-ring (bicyclic) bond motifs is 1. The van der Waals surface area contributed by atoms with Gasteiger partial charge in [-0.2, -0.15) is 5.10 Å². The summed E-state index contributed by atoms with van der Waals surface area (Å²) in [7, 11) is -3.11. The zero-order valence-corrected chi connectivity index (χ0v) is 23.9. The third-order valence-corrected chi connectivity index (χ3v) is 9.70. The summed E-state index contributed by atoms with van der Waals surface area (Å²) in [5.41, 5.74) is 3.44. The largest absolute Gasteiger partial charge is 0.486 e. The van der Waals surface area contributed by atoms with Crippen LogP contribution in [0.25, 0.3) is 22.2 Å². The summed E-state index contributed by atoms with van der Waals surface area (Å²) in [6, 6.07) is 9.81.